The number of benzene rings is 1. The van der Waals surface area contributed by atoms with Gasteiger partial charge in [-0.15, -0.1) is 0 Å². The molecular weight excluding hydrogens is 402 g/mol. The lowest BCUT2D eigenvalue weighted by Crippen LogP contribution is -2.10. The minimum absolute atomic E-state index is 0.213. The smallest absolute Gasteiger partial charge is 0.292 e. The maximum atomic E-state index is 12.0. The van der Waals surface area contributed by atoms with Gasteiger partial charge in [-0.1, -0.05) is 0 Å². The van der Waals surface area contributed by atoms with E-state index in [0.717, 1.165) is 35.6 Å². The first-order valence-electron chi connectivity index (χ1n) is 7.90. The maximum absolute atomic E-state index is 12.0. The summed E-state index contributed by atoms with van der Waals surface area (Å²) in [5.74, 6) is 1.81. The van der Waals surface area contributed by atoms with Gasteiger partial charge in [-0.2, -0.15) is 5.10 Å². The van der Waals surface area contributed by atoms with Gasteiger partial charge in [-0.3, -0.25) is 9.89 Å². The third-order valence-electron chi connectivity index (χ3n) is 3.76. The number of ether oxygens (including phenoxy) is 2. The molecule has 136 valence electrons. The zero-order valence-electron chi connectivity index (χ0n) is 14.3. The molecule has 0 aliphatic carbocycles. The number of hydrogen-bond donors (Lipinski definition) is 2. The predicted molar refractivity (Wildman–Crippen MR) is 99.9 cm³/mol. The number of hydrogen-bond acceptors (Lipinski definition) is 5. The summed E-state index contributed by atoms with van der Waals surface area (Å²) in [5.41, 5.74) is 1.99. The number of rotatable bonds is 7. The summed E-state index contributed by atoms with van der Waals surface area (Å²) in [7, 11) is 3.25. The number of H-pyrrole nitrogens is 1. The molecule has 0 radical (unpaired) electrons. The zero-order chi connectivity index (χ0) is 18.5. The number of nitrogens with one attached hydrogen (secondary N) is 2. The van der Waals surface area contributed by atoms with Crippen molar-refractivity contribution in [3.8, 4) is 11.5 Å². The Kier molecular flexibility index (Phi) is 5.62. The molecule has 2 aromatic heterocycles. The molecule has 0 fully saturated rings. The fourth-order valence-corrected chi connectivity index (χ4v) is 2.76. The molecular formula is C18H18BrN3O4. The lowest BCUT2D eigenvalue weighted by atomic mass is 10.1. The van der Waals surface area contributed by atoms with E-state index in [9.17, 15) is 4.79 Å². The summed E-state index contributed by atoms with van der Waals surface area (Å²) in [6, 6.07) is 10.8. The molecule has 1 amide bonds. The Balaban J connectivity index is 1.61. The molecule has 3 rings (SSSR count). The molecule has 0 bridgehead atoms. The van der Waals surface area contributed by atoms with E-state index in [1.165, 1.54) is 0 Å². The minimum atomic E-state index is -0.355. The van der Waals surface area contributed by atoms with Gasteiger partial charge in [0, 0.05) is 17.8 Å². The molecule has 0 saturated heterocycles. The van der Waals surface area contributed by atoms with Crippen LogP contribution < -0.4 is 14.8 Å². The number of carbonyl (C=O) groups is 1. The van der Waals surface area contributed by atoms with Crippen LogP contribution in [-0.4, -0.2) is 30.3 Å². The second-order valence-corrected chi connectivity index (χ2v) is 6.34. The normalized spacial score (nSPS) is 10.6. The van der Waals surface area contributed by atoms with Crippen LogP contribution in [0.15, 0.2) is 45.5 Å². The number of amides is 1. The van der Waals surface area contributed by atoms with Crippen molar-refractivity contribution in [2.24, 2.45) is 0 Å². The van der Waals surface area contributed by atoms with Crippen molar-refractivity contribution in [2.45, 2.75) is 12.8 Å². The Labute approximate surface area is 158 Å². The van der Waals surface area contributed by atoms with Crippen molar-refractivity contribution < 1.29 is 18.7 Å². The van der Waals surface area contributed by atoms with Crippen LogP contribution in [-0.2, 0) is 12.8 Å². The minimum Gasteiger partial charge on any atom is -0.497 e. The Morgan fingerprint density at radius 3 is 2.50 bits per heavy atom. The van der Waals surface area contributed by atoms with Gasteiger partial charge in [0.15, 0.2) is 16.2 Å². The number of aromatic nitrogens is 2. The lowest BCUT2D eigenvalue weighted by molar-refractivity contribution is 0.0995. The summed E-state index contributed by atoms with van der Waals surface area (Å²) in [4.78, 5) is 12.0. The number of aromatic amines is 1. The van der Waals surface area contributed by atoms with Crippen LogP contribution in [0, 0.1) is 0 Å². The largest absolute Gasteiger partial charge is 0.497 e. The number of nitrogens with zero attached hydrogens (tertiary/aromatic N) is 1. The van der Waals surface area contributed by atoms with Crippen LogP contribution in [0.3, 0.4) is 0 Å². The molecule has 0 saturated carbocycles. The number of aryl methyl sites for hydroxylation is 2. The van der Waals surface area contributed by atoms with Crippen molar-refractivity contribution in [2.75, 3.05) is 19.5 Å². The van der Waals surface area contributed by atoms with E-state index in [2.05, 4.69) is 31.4 Å². The molecule has 0 aliphatic heterocycles. The first-order valence-corrected chi connectivity index (χ1v) is 8.69. The van der Waals surface area contributed by atoms with Crippen molar-refractivity contribution >= 4 is 27.7 Å². The van der Waals surface area contributed by atoms with Crippen LogP contribution in [0.5, 0.6) is 11.5 Å². The molecule has 3 aromatic rings. The molecule has 0 spiro atoms. The monoisotopic (exact) mass is 419 g/mol. The van der Waals surface area contributed by atoms with Crippen LogP contribution in [0.4, 0.5) is 5.82 Å². The first-order chi connectivity index (χ1) is 12.6. The van der Waals surface area contributed by atoms with Gasteiger partial charge in [0.2, 0.25) is 0 Å². The van der Waals surface area contributed by atoms with Crippen LogP contribution >= 0.6 is 15.9 Å². The Bertz CT molecular complexity index is 881. The van der Waals surface area contributed by atoms with E-state index in [-0.39, 0.29) is 11.7 Å². The molecule has 7 nitrogen and oxygen atoms in total. The Morgan fingerprint density at radius 1 is 1.15 bits per heavy atom. The second-order valence-electron chi connectivity index (χ2n) is 5.56. The van der Waals surface area contributed by atoms with E-state index in [4.69, 9.17) is 13.9 Å². The van der Waals surface area contributed by atoms with Gasteiger partial charge in [0.05, 0.1) is 14.2 Å². The molecule has 2 N–H and O–H groups in total. The van der Waals surface area contributed by atoms with Crippen molar-refractivity contribution in [1.29, 1.82) is 0 Å². The van der Waals surface area contributed by atoms with Gasteiger partial charge >= 0.3 is 0 Å². The number of halogens is 1. The third-order valence-corrected chi connectivity index (χ3v) is 4.19. The topological polar surface area (TPSA) is 89.4 Å². The lowest BCUT2D eigenvalue weighted by Gasteiger charge is -2.07. The van der Waals surface area contributed by atoms with Crippen molar-refractivity contribution in [3.63, 3.8) is 0 Å². The molecule has 8 heteroatoms. The third kappa shape index (κ3) is 4.45. The molecule has 26 heavy (non-hydrogen) atoms. The molecule has 1 aromatic carbocycles. The zero-order valence-corrected chi connectivity index (χ0v) is 15.9. The Morgan fingerprint density at radius 2 is 1.88 bits per heavy atom. The summed E-state index contributed by atoms with van der Waals surface area (Å²) in [6.07, 6.45) is 1.50. The summed E-state index contributed by atoms with van der Waals surface area (Å²) in [6.45, 7) is 0. The van der Waals surface area contributed by atoms with Gasteiger partial charge in [-0.25, -0.2) is 0 Å². The molecule has 0 unspecified atom stereocenters. The highest BCUT2D eigenvalue weighted by molar-refractivity contribution is 9.10. The van der Waals surface area contributed by atoms with E-state index < -0.39 is 0 Å². The van der Waals surface area contributed by atoms with Crippen LogP contribution in [0.25, 0.3) is 0 Å². The fourth-order valence-electron chi connectivity index (χ4n) is 2.46. The van der Waals surface area contributed by atoms with Crippen LogP contribution in [0.2, 0.25) is 0 Å². The number of furan rings is 1. The SMILES string of the molecule is COc1cc(CCc2cc(NC(=O)c3ccc(Br)o3)n[nH]2)cc(OC)c1. The molecule has 0 atom stereocenters. The second kappa shape index (κ2) is 8.09. The van der Waals surface area contributed by atoms with Gasteiger partial charge < -0.3 is 19.2 Å². The number of methoxy groups -OCH3 is 2. The summed E-state index contributed by atoms with van der Waals surface area (Å²) in [5, 5.41) is 9.73. The first kappa shape index (κ1) is 18.1. The molecule has 2 heterocycles. The average molecular weight is 420 g/mol. The number of anilines is 1. The summed E-state index contributed by atoms with van der Waals surface area (Å²) < 4.78 is 16.3. The van der Waals surface area contributed by atoms with Gasteiger partial charge in [0.25, 0.3) is 5.91 Å². The van der Waals surface area contributed by atoms with E-state index in [1.54, 1.807) is 32.4 Å². The quantitative estimate of drug-likeness (QED) is 0.607. The maximum Gasteiger partial charge on any atom is 0.292 e. The highest BCUT2D eigenvalue weighted by Gasteiger charge is 2.12. The average Bonchev–Trinajstić information content (AvgIpc) is 3.28. The van der Waals surface area contributed by atoms with Crippen LogP contribution in [0.1, 0.15) is 21.8 Å². The fraction of sp³-hybridized carbons (Fsp3) is 0.222. The van der Waals surface area contributed by atoms with E-state index >= 15 is 0 Å². The summed E-state index contributed by atoms with van der Waals surface area (Å²) >= 11 is 3.17. The van der Waals surface area contributed by atoms with Crippen molar-refractivity contribution in [3.05, 3.63) is 58.1 Å². The van der Waals surface area contributed by atoms with Crippen molar-refractivity contribution in [1.82, 2.24) is 10.2 Å². The standard InChI is InChI=1S/C18H18BrN3O4/c1-24-13-7-11(8-14(10-13)25-2)3-4-12-9-17(22-21-12)20-18(23)15-5-6-16(19)26-15/h5-10H,3-4H2,1-2H3,(H2,20,21,22,23). The number of carbonyl (C=O) groups excluding carboxylic acids is 1. The predicted octanol–water partition coefficient (Wildman–Crippen LogP) is 3.82. The van der Waals surface area contributed by atoms with E-state index in [1.807, 2.05) is 18.2 Å². The van der Waals surface area contributed by atoms with E-state index in [0.29, 0.717) is 10.5 Å². The highest BCUT2D eigenvalue weighted by atomic mass is 79.9. The van der Waals surface area contributed by atoms with Gasteiger partial charge in [-0.05, 0) is 58.6 Å². The Hall–Kier alpha value is -2.74. The van der Waals surface area contributed by atoms with Gasteiger partial charge in [0.1, 0.15) is 11.5 Å². The molecule has 0 aliphatic rings. The highest BCUT2D eigenvalue weighted by Crippen LogP contribution is 2.23.